The number of nitrogens with two attached hydrogens (primary N) is 1. The van der Waals surface area contributed by atoms with Gasteiger partial charge in [-0.2, -0.15) is 18.3 Å². The zero-order chi connectivity index (χ0) is 23.5. The number of nitrogens with zero attached hydrogens (tertiary/aromatic N) is 6. The first-order valence-corrected chi connectivity index (χ1v) is 11.1. The summed E-state index contributed by atoms with van der Waals surface area (Å²) >= 11 is 4.56. The van der Waals surface area contributed by atoms with Crippen LogP contribution in [-0.4, -0.2) is 29.3 Å². The number of nitrogen functional groups attached to an aromatic ring is 1. The molecule has 0 aliphatic carbocycles. The van der Waals surface area contributed by atoms with Crippen molar-refractivity contribution in [3.05, 3.63) is 67.9 Å². The van der Waals surface area contributed by atoms with Crippen molar-refractivity contribution < 1.29 is 13.2 Å². The third-order valence-corrected chi connectivity index (χ3v) is 6.66. The first-order chi connectivity index (χ1) is 15.7. The number of hydrogen-bond acceptors (Lipinski definition) is 7. The van der Waals surface area contributed by atoms with Crippen LogP contribution < -0.4 is 11.3 Å². The normalized spacial score (nSPS) is 12.2. The van der Waals surface area contributed by atoms with Crippen molar-refractivity contribution in [2.24, 2.45) is 0 Å². The van der Waals surface area contributed by atoms with E-state index in [0.717, 1.165) is 10.6 Å². The van der Waals surface area contributed by atoms with Crippen molar-refractivity contribution in [1.82, 2.24) is 29.3 Å². The highest BCUT2D eigenvalue weighted by Crippen LogP contribution is 2.34. The fourth-order valence-corrected chi connectivity index (χ4v) is 5.17. The highest BCUT2D eigenvalue weighted by atomic mass is 79.9. The van der Waals surface area contributed by atoms with Crippen LogP contribution in [0.5, 0.6) is 0 Å². The van der Waals surface area contributed by atoms with Crippen LogP contribution >= 0.6 is 27.3 Å². The summed E-state index contributed by atoms with van der Waals surface area (Å²) in [6.07, 6.45) is -3.41. The van der Waals surface area contributed by atoms with Crippen LogP contribution in [0, 0.1) is 6.92 Å². The summed E-state index contributed by atoms with van der Waals surface area (Å²) in [6, 6.07) is 4.90. The van der Waals surface area contributed by atoms with Gasteiger partial charge in [0.15, 0.2) is 5.65 Å². The van der Waals surface area contributed by atoms with E-state index >= 15 is 0 Å². The molecule has 0 aliphatic rings. The first kappa shape index (κ1) is 21.5. The zero-order valence-corrected chi connectivity index (χ0v) is 19.2. The van der Waals surface area contributed by atoms with Crippen LogP contribution in [-0.2, 0) is 12.7 Å². The average Bonchev–Trinajstić information content (AvgIpc) is 3.28. The number of para-hydroxylation sites is 1. The molecule has 168 valence electrons. The molecule has 0 fully saturated rings. The second-order valence-corrected chi connectivity index (χ2v) is 8.80. The number of thiophene rings is 1. The summed E-state index contributed by atoms with van der Waals surface area (Å²) in [5.41, 5.74) is 5.08. The van der Waals surface area contributed by atoms with Gasteiger partial charge in [0.2, 0.25) is 0 Å². The molecule has 0 spiro atoms. The topological polar surface area (TPSA) is 105 Å². The Labute approximate surface area is 195 Å². The van der Waals surface area contributed by atoms with Gasteiger partial charge in [-0.05, 0) is 45.9 Å². The number of fused-ring (bicyclic) bond motifs is 2. The van der Waals surface area contributed by atoms with Gasteiger partial charge in [-0.1, -0.05) is 12.1 Å². The molecule has 13 heteroatoms. The van der Waals surface area contributed by atoms with E-state index in [9.17, 15) is 18.0 Å². The predicted octanol–water partition coefficient (Wildman–Crippen LogP) is 4.31. The lowest BCUT2D eigenvalue weighted by Crippen LogP contribution is -2.27. The van der Waals surface area contributed by atoms with E-state index in [1.807, 2.05) is 0 Å². The smallest absolute Gasteiger partial charge is 0.383 e. The van der Waals surface area contributed by atoms with E-state index in [1.165, 1.54) is 40.5 Å². The molecule has 0 radical (unpaired) electrons. The van der Waals surface area contributed by atoms with E-state index in [0.29, 0.717) is 26.0 Å². The van der Waals surface area contributed by atoms with Gasteiger partial charge in [-0.15, -0.1) is 11.3 Å². The maximum atomic E-state index is 13.8. The highest BCUT2D eigenvalue weighted by Gasteiger charge is 2.35. The molecule has 2 N–H and O–H groups in total. The minimum atomic E-state index is -4.67. The SMILES string of the molecule is Cc1csc2nc(Cn3nc(Br)c4c(N)ncnc43)n(-c3ccccc3C(F)(F)F)c(=O)c12. The monoisotopic (exact) mass is 535 g/mol. The molecule has 5 aromatic rings. The Kier molecular flexibility index (Phi) is 4.97. The molecule has 0 atom stereocenters. The van der Waals surface area contributed by atoms with Gasteiger partial charge in [-0.3, -0.25) is 9.36 Å². The molecule has 0 bridgehead atoms. The van der Waals surface area contributed by atoms with Gasteiger partial charge in [0, 0.05) is 0 Å². The number of aromatic nitrogens is 6. The second kappa shape index (κ2) is 7.63. The molecule has 0 aliphatic heterocycles. The van der Waals surface area contributed by atoms with Crippen LogP contribution in [0.15, 0.2) is 45.4 Å². The van der Waals surface area contributed by atoms with E-state index in [4.69, 9.17) is 5.73 Å². The molecule has 4 aromatic heterocycles. The molecule has 0 saturated heterocycles. The Hall–Kier alpha value is -3.32. The van der Waals surface area contributed by atoms with Crippen molar-refractivity contribution in [2.45, 2.75) is 19.6 Å². The van der Waals surface area contributed by atoms with Crippen LogP contribution in [0.25, 0.3) is 26.9 Å². The summed E-state index contributed by atoms with van der Waals surface area (Å²) in [5, 5.41) is 6.82. The number of rotatable bonds is 3. The average molecular weight is 536 g/mol. The Balaban J connectivity index is 1.82. The van der Waals surface area contributed by atoms with E-state index in [1.54, 1.807) is 12.3 Å². The highest BCUT2D eigenvalue weighted by molar-refractivity contribution is 9.10. The number of anilines is 1. The molecule has 5 rings (SSSR count). The van der Waals surface area contributed by atoms with Gasteiger partial charge in [0.1, 0.15) is 33.9 Å². The lowest BCUT2D eigenvalue weighted by atomic mass is 10.1. The van der Waals surface area contributed by atoms with Crippen LogP contribution in [0.1, 0.15) is 17.0 Å². The van der Waals surface area contributed by atoms with Crippen molar-refractivity contribution in [3.63, 3.8) is 0 Å². The molecular weight excluding hydrogens is 523 g/mol. The largest absolute Gasteiger partial charge is 0.418 e. The van der Waals surface area contributed by atoms with E-state index < -0.39 is 17.3 Å². The number of halogens is 4. The molecule has 4 heterocycles. The van der Waals surface area contributed by atoms with Crippen molar-refractivity contribution >= 4 is 54.3 Å². The minimum Gasteiger partial charge on any atom is -0.383 e. The number of hydrogen-bond donors (Lipinski definition) is 1. The molecule has 0 amide bonds. The second-order valence-electron chi connectivity index (χ2n) is 7.19. The van der Waals surface area contributed by atoms with Crippen LogP contribution in [0.4, 0.5) is 19.0 Å². The first-order valence-electron chi connectivity index (χ1n) is 9.45. The summed E-state index contributed by atoms with van der Waals surface area (Å²) < 4.78 is 44.3. The molecule has 1 aromatic carbocycles. The molecule has 0 saturated carbocycles. The van der Waals surface area contributed by atoms with Crippen molar-refractivity contribution in [3.8, 4) is 5.69 Å². The van der Waals surface area contributed by atoms with Gasteiger partial charge >= 0.3 is 6.18 Å². The number of alkyl halides is 3. The Morgan fingerprint density at radius 1 is 1.18 bits per heavy atom. The maximum absolute atomic E-state index is 13.8. The van der Waals surface area contributed by atoms with Gasteiger partial charge in [0.05, 0.1) is 22.0 Å². The minimum absolute atomic E-state index is 0.0696. The molecular formula is C20H13BrF3N7OS. The number of aryl methyl sites for hydroxylation is 1. The molecule has 0 unspecified atom stereocenters. The predicted molar refractivity (Wildman–Crippen MR) is 121 cm³/mol. The number of benzene rings is 1. The third kappa shape index (κ3) is 3.47. The van der Waals surface area contributed by atoms with E-state index in [-0.39, 0.29) is 29.3 Å². The maximum Gasteiger partial charge on any atom is 0.418 e. The lowest BCUT2D eigenvalue weighted by Gasteiger charge is -2.18. The standard InChI is InChI=1S/C20H13BrF3N7OS/c1-9-7-33-18-13(9)19(32)31(11-5-3-2-4-10(11)20(22,23)24)12(28-18)6-30-17-14(15(21)29-30)16(25)26-8-27-17/h2-5,7-8H,6H2,1H3,(H2,25,26,27). The lowest BCUT2D eigenvalue weighted by molar-refractivity contribution is -0.137. The fraction of sp³-hybridized carbons (Fsp3) is 0.150. The van der Waals surface area contributed by atoms with Gasteiger partial charge in [-0.25, -0.2) is 19.6 Å². The van der Waals surface area contributed by atoms with Crippen molar-refractivity contribution in [2.75, 3.05) is 5.73 Å². The quantitative estimate of drug-likeness (QED) is 0.369. The van der Waals surface area contributed by atoms with Gasteiger partial charge < -0.3 is 5.73 Å². The van der Waals surface area contributed by atoms with Gasteiger partial charge in [0.25, 0.3) is 5.56 Å². The fourth-order valence-electron chi connectivity index (χ4n) is 3.66. The Morgan fingerprint density at radius 3 is 2.70 bits per heavy atom. The Bertz CT molecular complexity index is 1610. The van der Waals surface area contributed by atoms with E-state index in [2.05, 4.69) is 36.0 Å². The summed E-state index contributed by atoms with van der Waals surface area (Å²) in [6.45, 7) is 1.59. The Morgan fingerprint density at radius 2 is 1.94 bits per heavy atom. The molecule has 33 heavy (non-hydrogen) atoms. The van der Waals surface area contributed by atoms with Crippen LogP contribution in [0.2, 0.25) is 0 Å². The summed E-state index contributed by atoms with van der Waals surface area (Å²) in [5.74, 6) is 0.260. The third-order valence-electron chi connectivity index (χ3n) is 5.12. The summed E-state index contributed by atoms with van der Waals surface area (Å²) in [7, 11) is 0. The van der Waals surface area contributed by atoms with Crippen LogP contribution in [0.3, 0.4) is 0 Å². The molecule has 8 nitrogen and oxygen atoms in total. The zero-order valence-electron chi connectivity index (χ0n) is 16.8. The summed E-state index contributed by atoms with van der Waals surface area (Å²) in [4.78, 5) is 26.6. The van der Waals surface area contributed by atoms with Crippen molar-refractivity contribution in [1.29, 1.82) is 0 Å².